The van der Waals surface area contributed by atoms with Crippen molar-refractivity contribution < 1.29 is 33.3 Å². The SMILES string of the molecule is CCOc1ccccc1OCCCC(=O)OCC(=O)c1[nH]c(C)c(C(=O)OC)c1C. The number of rotatable bonds is 11. The highest BCUT2D eigenvalue weighted by Crippen LogP contribution is 2.26. The molecule has 0 saturated heterocycles. The van der Waals surface area contributed by atoms with Gasteiger partial charge in [-0.2, -0.15) is 0 Å². The first-order valence-electron chi connectivity index (χ1n) is 9.69. The number of para-hydroxylation sites is 2. The summed E-state index contributed by atoms with van der Waals surface area (Å²) in [5.74, 6) is -0.179. The van der Waals surface area contributed by atoms with Gasteiger partial charge in [-0.05, 0) is 44.9 Å². The van der Waals surface area contributed by atoms with Crippen molar-refractivity contribution in [2.75, 3.05) is 26.9 Å². The molecule has 0 unspecified atom stereocenters. The molecule has 0 amide bonds. The Balaban J connectivity index is 1.79. The third-order valence-corrected chi connectivity index (χ3v) is 4.40. The van der Waals surface area contributed by atoms with Crippen molar-refractivity contribution in [2.45, 2.75) is 33.6 Å². The minimum Gasteiger partial charge on any atom is -0.490 e. The van der Waals surface area contributed by atoms with Gasteiger partial charge < -0.3 is 23.9 Å². The van der Waals surface area contributed by atoms with Gasteiger partial charge in [0, 0.05) is 12.1 Å². The molecule has 1 N–H and O–H groups in total. The number of esters is 2. The molecule has 0 radical (unpaired) electrons. The molecule has 162 valence electrons. The monoisotopic (exact) mass is 417 g/mol. The quantitative estimate of drug-likeness (QED) is 0.339. The van der Waals surface area contributed by atoms with Gasteiger partial charge >= 0.3 is 11.9 Å². The first-order chi connectivity index (χ1) is 14.4. The molecule has 2 rings (SSSR count). The number of nitrogens with one attached hydrogen (secondary N) is 1. The summed E-state index contributed by atoms with van der Waals surface area (Å²) in [5, 5.41) is 0. The van der Waals surface area contributed by atoms with E-state index in [1.807, 2.05) is 25.1 Å². The van der Waals surface area contributed by atoms with E-state index in [0.717, 1.165) is 0 Å². The number of ether oxygens (including phenoxy) is 4. The molecule has 0 saturated carbocycles. The van der Waals surface area contributed by atoms with Crippen LogP contribution >= 0.6 is 0 Å². The molecule has 0 aliphatic rings. The molecule has 0 aliphatic carbocycles. The Bertz CT molecular complexity index is 901. The van der Waals surface area contributed by atoms with Gasteiger partial charge in [0.25, 0.3) is 0 Å². The lowest BCUT2D eigenvalue weighted by atomic mass is 10.1. The number of hydrogen-bond acceptors (Lipinski definition) is 7. The van der Waals surface area contributed by atoms with Gasteiger partial charge in [-0.3, -0.25) is 9.59 Å². The van der Waals surface area contributed by atoms with Gasteiger partial charge in [-0.1, -0.05) is 12.1 Å². The topological polar surface area (TPSA) is 104 Å². The Hall–Kier alpha value is -3.29. The molecular weight excluding hydrogens is 390 g/mol. The lowest BCUT2D eigenvalue weighted by molar-refractivity contribution is -0.142. The van der Waals surface area contributed by atoms with Crippen LogP contribution in [0.4, 0.5) is 0 Å². The fourth-order valence-corrected chi connectivity index (χ4v) is 2.97. The zero-order valence-corrected chi connectivity index (χ0v) is 17.7. The Morgan fingerprint density at radius 1 is 1.03 bits per heavy atom. The van der Waals surface area contributed by atoms with E-state index in [1.54, 1.807) is 19.9 Å². The summed E-state index contributed by atoms with van der Waals surface area (Å²) in [5.41, 5.74) is 1.55. The van der Waals surface area contributed by atoms with E-state index in [2.05, 4.69) is 4.98 Å². The van der Waals surface area contributed by atoms with E-state index in [1.165, 1.54) is 7.11 Å². The predicted octanol–water partition coefficient (Wildman–Crippen LogP) is 3.40. The van der Waals surface area contributed by atoms with Crippen molar-refractivity contribution in [3.05, 3.63) is 46.8 Å². The Morgan fingerprint density at radius 2 is 1.70 bits per heavy atom. The fraction of sp³-hybridized carbons (Fsp3) is 0.409. The maximum Gasteiger partial charge on any atom is 0.339 e. The highest BCUT2D eigenvalue weighted by atomic mass is 16.5. The third-order valence-electron chi connectivity index (χ3n) is 4.40. The molecule has 0 aliphatic heterocycles. The number of benzene rings is 1. The van der Waals surface area contributed by atoms with Crippen LogP contribution in [-0.4, -0.2) is 49.6 Å². The summed E-state index contributed by atoms with van der Waals surface area (Å²) < 4.78 is 20.9. The number of hydrogen-bond donors (Lipinski definition) is 1. The molecule has 0 fully saturated rings. The van der Waals surface area contributed by atoms with Crippen LogP contribution in [0.15, 0.2) is 24.3 Å². The number of aromatic amines is 1. The van der Waals surface area contributed by atoms with Crippen LogP contribution in [0, 0.1) is 13.8 Å². The number of H-pyrrole nitrogens is 1. The second-order valence-electron chi connectivity index (χ2n) is 6.53. The van der Waals surface area contributed by atoms with Crippen molar-refractivity contribution in [2.24, 2.45) is 0 Å². The van der Waals surface area contributed by atoms with E-state index >= 15 is 0 Å². The van der Waals surface area contributed by atoms with E-state index in [9.17, 15) is 14.4 Å². The van der Waals surface area contributed by atoms with Gasteiger partial charge in [0.1, 0.15) is 0 Å². The number of ketones is 1. The molecule has 1 aromatic heterocycles. The maximum absolute atomic E-state index is 12.4. The summed E-state index contributed by atoms with van der Waals surface area (Å²) in [4.78, 5) is 39.0. The Morgan fingerprint density at radius 3 is 2.33 bits per heavy atom. The second-order valence-corrected chi connectivity index (χ2v) is 6.53. The van der Waals surface area contributed by atoms with Crippen LogP contribution in [0.3, 0.4) is 0 Å². The van der Waals surface area contributed by atoms with Crippen LogP contribution in [0.2, 0.25) is 0 Å². The molecule has 8 nitrogen and oxygen atoms in total. The molecule has 0 spiro atoms. The Labute approximate surface area is 175 Å². The van der Waals surface area contributed by atoms with E-state index < -0.39 is 24.3 Å². The second kappa shape index (κ2) is 11.0. The Kier molecular flexibility index (Phi) is 8.46. The molecule has 8 heteroatoms. The summed E-state index contributed by atoms with van der Waals surface area (Å²) >= 11 is 0. The highest BCUT2D eigenvalue weighted by molar-refractivity contribution is 6.02. The van der Waals surface area contributed by atoms with Crippen LogP contribution < -0.4 is 9.47 Å². The molecule has 0 bridgehead atoms. The number of aromatic nitrogens is 1. The lowest BCUT2D eigenvalue weighted by Crippen LogP contribution is -2.16. The van der Waals surface area contributed by atoms with Crippen molar-refractivity contribution in [1.29, 1.82) is 0 Å². The van der Waals surface area contributed by atoms with Crippen LogP contribution in [0.25, 0.3) is 0 Å². The molecule has 30 heavy (non-hydrogen) atoms. The van der Waals surface area contributed by atoms with Crippen molar-refractivity contribution in [3.8, 4) is 11.5 Å². The average Bonchev–Trinajstić information content (AvgIpc) is 3.04. The van der Waals surface area contributed by atoms with Gasteiger partial charge in [-0.15, -0.1) is 0 Å². The average molecular weight is 417 g/mol. The normalized spacial score (nSPS) is 10.4. The first kappa shape index (κ1) is 23.0. The minimum absolute atomic E-state index is 0.111. The van der Waals surface area contributed by atoms with Gasteiger partial charge in [-0.25, -0.2) is 4.79 Å². The highest BCUT2D eigenvalue weighted by Gasteiger charge is 2.23. The molecule has 1 heterocycles. The number of carbonyl (C=O) groups is 3. The lowest BCUT2D eigenvalue weighted by Gasteiger charge is -2.11. The number of Topliss-reactive ketones (excluding diaryl/α,β-unsaturated/α-hetero) is 1. The third kappa shape index (κ3) is 5.85. The number of carbonyl (C=O) groups excluding carboxylic acids is 3. The molecule has 0 atom stereocenters. The summed E-state index contributed by atoms with van der Waals surface area (Å²) in [6, 6.07) is 7.31. The molecular formula is C22H27NO7. The number of aryl methyl sites for hydroxylation is 1. The van der Waals surface area contributed by atoms with E-state index in [-0.39, 0.29) is 12.1 Å². The van der Waals surface area contributed by atoms with Crippen LogP contribution in [0.5, 0.6) is 11.5 Å². The zero-order valence-electron chi connectivity index (χ0n) is 17.7. The van der Waals surface area contributed by atoms with Crippen molar-refractivity contribution in [1.82, 2.24) is 4.98 Å². The van der Waals surface area contributed by atoms with Gasteiger partial charge in [0.2, 0.25) is 5.78 Å². The summed E-state index contributed by atoms with van der Waals surface area (Å²) in [6.45, 7) is 5.63. The minimum atomic E-state index is -0.525. The largest absolute Gasteiger partial charge is 0.490 e. The van der Waals surface area contributed by atoms with Crippen LogP contribution in [0.1, 0.15) is 51.9 Å². The molecule has 1 aromatic carbocycles. The van der Waals surface area contributed by atoms with Gasteiger partial charge in [0.05, 0.1) is 31.6 Å². The summed E-state index contributed by atoms with van der Waals surface area (Å²) in [6.07, 6.45) is 0.542. The fourth-order valence-electron chi connectivity index (χ4n) is 2.97. The van der Waals surface area contributed by atoms with E-state index in [0.29, 0.717) is 48.0 Å². The van der Waals surface area contributed by atoms with Crippen LogP contribution in [-0.2, 0) is 14.3 Å². The predicted molar refractivity (Wildman–Crippen MR) is 109 cm³/mol. The number of methoxy groups -OCH3 is 1. The maximum atomic E-state index is 12.4. The smallest absolute Gasteiger partial charge is 0.339 e. The van der Waals surface area contributed by atoms with Crippen molar-refractivity contribution >= 4 is 17.7 Å². The van der Waals surface area contributed by atoms with Crippen molar-refractivity contribution in [3.63, 3.8) is 0 Å². The van der Waals surface area contributed by atoms with Gasteiger partial charge in [0.15, 0.2) is 18.1 Å². The first-order valence-corrected chi connectivity index (χ1v) is 9.69. The standard InChI is InChI=1S/C22H27NO7/c1-5-28-17-9-6-7-10-18(17)29-12-8-11-19(25)30-13-16(24)21-14(2)20(15(3)23-21)22(26)27-4/h6-7,9-10,23H,5,8,11-13H2,1-4H3. The van der Waals surface area contributed by atoms with E-state index in [4.69, 9.17) is 18.9 Å². The molecule has 2 aromatic rings. The summed E-state index contributed by atoms with van der Waals surface area (Å²) in [7, 11) is 1.27. The zero-order chi connectivity index (χ0) is 22.1.